The van der Waals surface area contributed by atoms with Crippen LogP contribution in [0, 0.1) is 6.92 Å². The third-order valence-electron chi connectivity index (χ3n) is 5.48. The number of carbonyl (C=O) groups excluding carboxylic acids is 1. The average Bonchev–Trinajstić information content (AvgIpc) is 3.30. The van der Waals surface area contributed by atoms with Crippen LogP contribution in [0.5, 0.6) is 0 Å². The minimum absolute atomic E-state index is 0.368. The summed E-state index contributed by atoms with van der Waals surface area (Å²) in [7, 11) is 4.04. The molecule has 2 heterocycles. The van der Waals surface area contributed by atoms with Crippen LogP contribution < -0.4 is 10.6 Å². The Balaban J connectivity index is 2.10. The predicted octanol–water partition coefficient (Wildman–Crippen LogP) is 3.94. The Bertz CT molecular complexity index is 952. The van der Waals surface area contributed by atoms with E-state index in [1.165, 1.54) is 5.69 Å². The van der Waals surface area contributed by atoms with Gasteiger partial charge in [0.1, 0.15) is 0 Å². The highest BCUT2D eigenvalue weighted by Crippen LogP contribution is 2.35. The summed E-state index contributed by atoms with van der Waals surface area (Å²) in [6.07, 6.45) is 7.44. The minimum Gasteiger partial charge on any atom is -0.378 e. The van der Waals surface area contributed by atoms with Crippen molar-refractivity contribution in [3.8, 4) is 11.1 Å². The maximum atomic E-state index is 12.4. The molecule has 2 aromatic heterocycles. The number of aromatic nitrogens is 3. The van der Waals surface area contributed by atoms with Crippen LogP contribution in [0.4, 0.5) is 5.69 Å². The van der Waals surface area contributed by atoms with Gasteiger partial charge in [-0.05, 0) is 37.5 Å². The molecule has 0 saturated carbocycles. The molecule has 6 nitrogen and oxygen atoms in total. The van der Waals surface area contributed by atoms with E-state index in [-0.39, 0.29) is 5.91 Å². The summed E-state index contributed by atoms with van der Waals surface area (Å²) in [5, 5.41) is 0. The summed E-state index contributed by atoms with van der Waals surface area (Å²) in [6.45, 7) is 4.97. The number of nitrogens with two attached hydrogens (primary N) is 1. The van der Waals surface area contributed by atoms with Gasteiger partial charge in [-0.3, -0.25) is 4.79 Å². The quantitative estimate of drug-likeness (QED) is 0.578. The fourth-order valence-corrected chi connectivity index (χ4v) is 3.90. The highest BCUT2D eigenvalue weighted by Gasteiger charge is 2.24. The molecule has 0 bridgehead atoms. The molecule has 1 amide bonds. The number of benzene rings is 1. The van der Waals surface area contributed by atoms with Crippen molar-refractivity contribution in [2.75, 3.05) is 19.0 Å². The number of carbonyl (C=O) groups is 1. The van der Waals surface area contributed by atoms with E-state index in [9.17, 15) is 4.79 Å². The molecule has 0 atom stereocenters. The topological polar surface area (TPSA) is 79.9 Å². The number of anilines is 1. The Hall–Kier alpha value is -3.02. The molecule has 0 radical (unpaired) electrons. The van der Waals surface area contributed by atoms with Crippen LogP contribution in [-0.4, -0.2) is 34.5 Å². The van der Waals surface area contributed by atoms with Crippen molar-refractivity contribution in [3.05, 3.63) is 59.4 Å². The van der Waals surface area contributed by atoms with Crippen LogP contribution in [0.15, 0.2) is 36.8 Å². The molecule has 0 unspecified atom stereocenters. The lowest BCUT2D eigenvalue weighted by atomic mass is 9.97. The number of hydrogen-bond donors (Lipinski definition) is 2. The highest BCUT2D eigenvalue weighted by molar-refractivity contribution is 6.02. The second-order valence-electron chi connectivity index (χ2n) is 7.67. The zero-order valence-electron chi connectivity index (χ0n) is 17.8. The summed E-state index contributed by atoms with van der Waals surface area (Å²) in [5.41, 5.74) is 12.9. The molecule has 0 aliphatic carbocycles. The molecule has 0 saturated heterocycles. The van der Waals surface area contributed by atoms with Gasteiger partial charge in [-0.15, -0.1) is 0 Å². The van der Waals surface area contributed by atoms with Crippen LogP contribution in [0.2, 0.25) is 0 Å². The van der Waals surface area contributed by atoms with E-state index in [2.05, 4.69) is 50.6 Å². The highest BCUT2D eigenvalue weighted by atomic mass is 16.1. The molecule has 29 heavy (non-hydrogen) atoms. The van der Waals surface area contributed by atoms with Gasteiger partial charge in [-0.25, -0.2) is 4.98 Å². The van der Waals surface area contributed by atoms with Crippen LogP contribution in [0.3, 0.4) is 0 Å². The standard InChI is InChI=1S/C23H31N5O/c1-5-6-7-20-22(17-8-10-19(11-9-17)27(3)4)21(23(24)29)16(2)28(20)13-12-18-14-25-15-26-18/h8-11,14-15H,5-7,12-13H2,1-4H3,(H2,24,29)(H,25,26). The zero-order valence-corrected chi connectivity index (χ0v) is 17.8. The molecule has 3 aromatic rings. The monoisotopic (exact) mass is 393 g/mol. The fourth-order valence-electron chi connectivity index (χ4n) is 3.90. The van der Waals surface area contributed by atoms with E-state index in [4.69, 9.17) is 5.73 Å². The summed E-state index contributed by atoms with van der Waals surface area (Å²) in [6, 6.07) is 8.35. The van der Waals surface area contributed by atoms with Crippen molar-refractivity contribution < 1.29 is 4.79 Å². The Kier molecular flexibility index (Phi) is 6.42. The summed E-state index contributed by atoms with van der Waals surface area (Å²) in [5.74, 6) is -0.368. The van der Waals surface area contributed by atoms with Gasteiger partial charge in [-0.2, -0.15) is 0 Å². The van der Waals surface area contributed by atoms with Gasteiger partial charge < -0.3 is 20.2 Å². The second kappa shape index (κ2) is 8.99. The van der Waals surface area contributed by atoms with Crippen molar-refractivity contribution in [3.63, 3.8) is 0 Å². The third kappa shape index (κ3) is 4.36. The number of imidazole rings is 1. The first-order chi connectivity index (χ1) is 13.9. The Morgan fingerprint density at radius 1 is 1.21 bits per heavy atom. The second-order valence-corrected chi connectivity index (χ2v) is 7.67. The van der Waals surface area contributed by atoms with Crippen LogP contribution >= 0.6 is 0 Å². The van der Waals surface area contributed by atoms with Gasteiger partial charge in [0.15, 0.2) is 0 Å². The Morgan fingerprint density at radius 3 is 2.48 bits per heavy atom. The number of nitrogens with one attached hydrogen (secondary N) is 1. The maximum Gasteiger partial charge on any atom is 0.251 e. The molecule has 1 aromatic carbocycles. The molecule has 0 aliphatic heterocycles. The van der Waals surface area contributed by atoms with Crippen LogP contribution in [0.25, 0.3) is 11.1 Å². The predicted molar refractivity (Wildman–Crippen MR) is 118 cm³/mol. The number of hydrogen-bond acceptors (Lipinski definition) is 3. The molecular formula is C23H31N5O. The lowest BCUT2D eigenvalue weighted by Crippen LogP contribution is -2.14. The lowest BCUT2D eigenvalue weighted by molar-refractivity contribution is 0.1000. The van der Waals surface area contributed by atoms with Gasteiger partial charge >= 0.3 is 0 Å². The fraction of sp³-hybridized carbons (Fsp3) is 0.391. The Labute approximate surface area is 172 Å². The van der Waals surface area contributed by atoms with E-state index in [1.54, 1.807) is 6.33 Å². The SMILES string of the molecule is CCCCc1c(-c2ccc(N(C)C)cc2)c(C(N)=O)c(C)n1CCc1cnc[nH]1. The van der Waals surface area contributed by atoms with Crippen LogP contribution in [0.1, 0.15) is 47.2 Å². The van der Waals surface area contributed by atoms with Crippen molar-refractivity contribution >= 4 is 11.6 Å². The number of rotatable bonds is 9. The number of unbranched alkanes of at least 4 members (excludes halogenated alkanes) is 1. The van der Waals surface area contributed by atoms with Gasteiger partial charge in [0.25, 0.3) is 5.91 Å². The normalized spacial score (nSPS) is 11.0. The number of aromatic amines is 1. The van der Waals surface area contributed by atoms with Crippen molar-refractivity contribution in [2.45, 2.75) is 46.1 Å². The first-order valence-corrected chi connectivity index (χ1v) is 10.2. The average molecular weight is 394 g/mol. The maximum absolute atomic E-state index is 12.4. The molecule has 0 fully saturated rings. The van der Waals surface area contributed by atoms with E-state index < -0.39 is 0 Å². The summed E-state index contributed by atoms with van der Waals surface area (Å²) >= 11 is 0. The number of H-pyrrole nitrogens is 1. The van der Waals surface area contributed by atoms with Gasteiger partial charge in [-0.1, -0.05) is 25.5 Å². The number of nitrogens with zero attached hydrogens (tertiary/aromatic N) is 3. The van der Waals surface area contributed by atoms with E-state index in [0.29, 0.717) is 5.56 Å². The molecule has 3 rings (SSSR count). The molecular weight excluding hydrogens is 362 g/mol. The Morgan fingerprint density at radius 2 is 1.93 bits per heavy atom. The van der Waals surface area contributed by atoms with Crippen molar-refractivity contribution in [1.29, 1.82) is 0 Å². The first-order valence-electron chi connectivity index (χ1n) is 10.2. The molecule has 0 aliphatic rings. The number of amides is 1. The van der Waals surface area contributed by atoms with E-state index in [1.807, 2.05) is 27.2 Å². The minimum atomic E-state index is -0.368. The van der Waals surface area contributed by atoms with E-state index >= 15 is 0 Å². The molecule has 0 spiro atoms. The van der Waals surface area contributed by atoms with Gasteiger partial charge in [0.2, 0.25) is 0 Å². The van der Waals surface area contributed by atoms with Crippen molar-refractivity contribution in [2.24, 2.45) is 5.73 Å². The van der Waals surface area contributed by atoms with E-state index in [0.717, 1.165) is 60.4 Å². The molecule has 6 heteroatoms. The lowest BCUT2D eigenvalue weighted by Gasteiger charge is -2.15. The van der Waals surface area contributed by atoms with Gasteiger partial charge in [0, 0.05) is 61.6 Å². The summed E-state index contributed by atoms with van der Waals surface area (Å²) in [4.78, 5) is 21.8. The zero-order chi connectivity index (χ0) is 21.0. The third-order valence-corrected chi connectivity index (χ3v) is 5.48. The van der Waals surface area contributed by atoms with Crippen molar-refractivity contribution in [1.82, 2.24) is 14.5 Å². The van der Waals surface area contributed by atoms with Crippen LogP contribution in [-0.2, 0) is 19.4 Å². The van der Waals surface area contributed by atoms with Gasteiger partial charge in [0.05, 0.1) is 11.9 Å². The number of aryl methyl sites for hydroxylation is 1. The molecule has 3 N–H and O–H groups in total. The summed E-state index contributed by atoms with van der Waals surface area (Å²) < 4.78 is 2.27. The first kappa shape index (κ1) is 20.7. The molecule has 154 valence electrons. The number of primary amides is 1. The largest absolute Gasteiger partial charge is 0.378 e. The smallest absolute Gasteiger partial charge is 0.251 e.